The molecule has 2 N–H and O–H groups in total. The van der Waals surface area contributed by atoms with Gasteiger partial charge in [0.05, 0.1) is 11.3 Å². The summed E-state index contributed by atoms with van der Waals surface area (Å²) in [4.78, 5) is 29.0. The van der Waals surface area contributed by atoms with Gasteiger partial charge < -0.3 is 5.73 Å². The third-order valence-corrected chi connectivity index (χ3v) is 6.33. The van der Waals surface area contributed by atoms with Crippen LogP contribution < -0.4 is 5.73 Å². The number of alkyl halides is 6. The van der Waals surface area contributed by atoms with Gasteiger partial charge in [0, 0.05) is 36.2 Å². The van der Waals surface area contributed by atoms with Crippen LogP contribution in [-0.4, -0.2) is 26.5 Å². The number of nitrogens with zero attached hydrogens (tertiary/aromatic N) is 3. The summed E-state index contributed by atoms with van der Waals surface area (Å²) in [7, 11) is 0. The van der Waals surface area contributed by atoms with Gasteiger partial charge in [0.1, 0.15) is 29.7 Å². The van der Waals surface area contributed by atoms with Gasteiger partial charge in [-0.1, -0.05) is 12.1 Å². The number of benzene rings is 2. The fourth-order valence-corrected chi connectivity index (χ4v) is 4.56. The van der Waals surface area contributed by atoms with Gasteiger partial charge >= 0.3 is 12.4 Å². The SMILES string of the molecule is NC(=O)c1cc(-c2cccnc2[C@@H](CC(=O)Cn2nc(C(F)(F)F)cc2C(F)(F)F)Cc2cc(F)cc(F)c2)ccc1F. The minimum atomic E-state index is -5.27. The molecule has 0 unspecified atom stereocenters. The molecule has 1 atom stereocenters. The fourth-order valence-electron chi connectivity index (χ4n) is 4.56. The van der Waals surface area contributed by atoms with Crippen LogP contribution in [0.3, 0.4) is 0 Å². The normalized spacial score (nSPS) is 12.8. The molecule has 2 aromatic heterocycles. The van der Waals surface area contributed by atoms with Crippen LogP contribution in [0.5, 0.6) is 0 Å². The van der Waals surface area contributed by atoms with E-state index < -0.39 is 77.3 Å². The van der Waals surface area contributed by atoms with Crippen molar-refractivity contribution < 1.29 is 49.1 Å². The molecule has 4 aromatic rings. The Morgan fingerprint density at radius 1 is 0.884 bits per heavy atom. The number of nitrogens with two attached hydrogens (primary N) is 1. The number of hydrogen-bond donors (Lipinski definition) is 1. The zero-order chi connectivity index (χ0) is 31.7. The van der Waals surface area contributed by atoms with Gasteiger partial charge in [-0.2, -0.15) is 31.4 Å². The Balaban J connectivity index is 1.76. The number of amides is 1. The second-order valence-electron chi connectivity index (χ2n) is 9.48. The smallest absolute Gasteiger partial charge is 0.366 e. The highest BCUT2D eigenvalue weighted by Gasteiger charge is 2.42. The Kier molecular flexibility index (Phi) is 8.64. The zero-order valence-corrected chi connectivity index (χ0v) is 21.6. The Morgan fingerprint density at radius 2 is 1.56 bits per heavy atom. The average Bonchev–Trinajstić information content (AvgIpc) is 3.33. The quantitative estimate of drug-likeness (QED) is 0.219. The van der Waals surface area contributed by atoms with E-state index in [1.54, 1.807) is 0 Å². The molecular formula is C28H19F9N4O2. The molecule has 226 valence electrons. The van der Waals surface area contributed by atoms with E-state index in [-0.39, 0.29) is 39.6 Å². The second-order valence-corrected chi connectivity index (χ2v) is 9.48. The minimum Gasteiger partial charge on any atom is -0.366 e. The summed E-state index contributed by atoms with van der Waals surface area (Å²) < 4.78 is 122. The molecule has 0 bridgehead atoms. The van der Waals surface area contributed by atoms with E-state index in [1.165, 1.54) is 24.4 Å². The predicted octanol–water partition coefficient (Wildman–Crippen LogP) is 6.48. The summed E-state index contributed by atoms with van der Waals surface area (Å²) in [5.74, 6) is -6.07. The van der Waals surface area contributed by atoms with Crippen molar-refractivity contribution in [1.29, 1.82) is 0 Å². The summed E-state index contributed by atoms with van der Waals surface area (Å²) >= 11 is 0. The van der Waals surface area contributed by atoms with Crippen molar-refractivity contribution in [2.45, 2.75) is 37.7 Å². The van der Waals surface area contributed by atoms with Gasteiger partial charge in [-0.05, 0) is 47.9 Å². The number of aromatic nitrogens is 3. The summed E-state index contributed by atoms with van der Waals surface area (Å²) in [6.07, 6.45) is -10.2. The number of halogens is 9. The van der Waals surface area contributed by atoms with E-state index in [1.807, 2.05) is 0 Å². The number of rotatable bonds is 9. The van der Waals surface area contributed by atoms with Crippen molar-refractivity contribution in [3.05, 3.63) is 106 Å². The molecule has 0 fully saturated rings. The van der Waals surface area contributed by atoms with Crippen LogP contribution in [0.25, 0.3) is 11.1 Å². The van der Waals surface area contributed by atoms with Crippen molar-refractivity contribution in [2.75, 3.05) is 0 Å². The Bertz CT molecular complexity index is 1660. The number of ketones is 1. The van der Waals surface area contributed by atoms with Crippen LogP contribution in [0.4, 0.5) is 39.5 Å². The molecular weight excluding hydrogens is 595 g/mol. The minimum absolute atomic E-state index is 0.0262. The molecule has 0 aliphatic carbocycles. The van der Waals surface area contributed by atoms with Crippen LogP contribution >= 0.6 is 0 Å². The van der Waals surface area contributed by atoms with Gasteiger partial charge in [0.2, 0.25) is 0 Å². The summed E-state index contributed by atoms with van der Waals surface area (Å²) in [6.45, 7) is -1.22. The molecule has 4 rings (SSSR count). The Hall–Kier alpha value is -4.69. The van der Waals surface area contributed by atoms with Crippen molar-refractivity contribution in [3.8, 4) is 11.1 Å². The van der Waals surface area contributed by atoms with Crippen molar-refractivity contribution in [1.82, 2.24) is 14.8 Å². The first-order valence-electron chi connectivity index (χ1n) is 12.3. The van der Waals surface area contributed by atoms with Crippen molar-refractivity contribution >= 4 is 11.7 Å². The topological polar surface area (TPSA) is 90.9 Å². The molecule has 6 nitrogen and oxygen atoms in total. The largest absolute Gasteiger partial charge is 0.435 e. The summed E-state index contributed by atoms with van der Waals surface area (Å²) in [5.41, 5.74) is 1.60. The molecule has 0 aliphatic heterocycles. The van der Waals surface area contributed by atoms with E-state index >= 15 is 0 Å². The lowest BCUT2D eigenvalue weighted by atomic mass is 9.86. The number of hydrogen-bond acceptors (Lipinski definition) is 4. The maximum Gasteiger partial charge on any atom is 0.435 e. The van der Waals surface area contributed by atoms with Crippen molar-refractivity contribution in [2.24, 2.45) is 5.73 Å². The first-order valence-corrected chi connectivity index (χ1v) is 12.3. The van der Waals surface area contributed by atoms with Gasteiger partial charge in [-0.3, -0.25) is 19.3 Å². The van der Waals surface area contributed by atoms with E-state index in [2.05, 4.69) is 10.1 Å². The van der Waals surface area contributed by atoms with E-state index in [0.717, 1.165) is 24.3 Å². The number of carbonyl (C=O) groups excluding carboxylic acids is 2. The molecule has 2 heterocycles. The molecule has 43 heavy (non-hydrogen) atoms. The fraction of sp³-hybridized carbons (Fsp3) is 0.214. The lowest BCUT2D eigenvalue weighted by molar-refractivity contribution is -0.144. The summed E-state index contributed by atoms with van der Waals surface area (Å²) in [6, 6.07) is 8.52. The first kappa shape index (κ1) is 31.3. The van der Waals surface area contributed by atoms with Gasteiger partial charge in [-0.15, -0.1) is 0 Å². The average molecular weight is 614 g/mol. The van der Waals surface area contributed by atoms with Crippen LogP contribution in [0.2, 0.25) is 0 Å². The number of primary amides is 1. The zero-order valence-electron chi connectivity index (χ0n) is 21.6. The molecule has 0 aliphatic rings. The van der Waals surface area contributed by atoms with Crippen molar-refractivity contribution in [3.63, 3.8) is 0 Å². The van der Waals surface area contributed by atoms with Crippen LogP contribution in [0.1, 0.15) is 45.3 Å². The molecule has 0 radical (unpaired) electrons. The summed E-state index contributed by atoms with van der Waals surface area (Å²) in [5, 5.41) is 2.93. The van der Waals surface area contributed by atoms with Crippen LogP contribution in [-0.2, 0) is 30.1 Å². The molecule has 1 amide bonds. The standard InChI is InChI=1S/C28H19F9N4O2/c29-17-7-14(8-18(30)11-17)6-16(9-19(42)13-41-24(28(35,36)37)12-23(40-41)27(32,33)34)25-20(2-1-5-39-25)15-3-4-22(31)21(10-15)26(38)43/h1-5,7-8,10-12,16H,6,9,13H2,(H2,38,43)/t16-/m1/s1. The molecule has 15 heteroatoms. The highest BCUT2D eigenvalue weighted by Crippen LogP contribution is 2.36. The Labute approximate surface area is 237 Å². The van der Waals surface area contributed by atoms with Gasteiger partial charge in [0.25, 0.3) is 5.91 Å². The highest BCUT2D eigenvalue weighted by atomic mass is 19.4. The highest BCUT2D eigenvalue weighted by molar-refractivity contribution is 5.94. The maximum absolute atomic E-state index is 14.1. The second kappa shape index (κ2) is 11.9. The first-order chi connectivity index (χ1) is 20.0. The predicted molar refractivity (Wildman–Crippen MR) is 133 cm³/mol. The Morgan fingerprint density at radius 3 is 2.16 bits per heavy atom. The molecule has 0 saturated heterocycles. The van der Waals surface area contributed by atoms with Crippen LogP contribution in [0, 0.1) is 17.5 Å². The molecule has 0 saturated carbocycles. The molecule has 2 aromatic carbocycles. The molecule has 0 spiro atoms. The third kappa shape index (κ3) is 7.40. The van der Waals surface area contributed by atoms with E-state index in [9.17, 15) is 49.1 Å². The lowest BCUT2D eigenvalue weighted by Gasteiger charge is -2.20. The number of Topliss-reactive ketones (excluding diaryl/α,β-unsaturated/α-hetero) is 1. The van der Waals surface area contributed by atoms with E-state index in [0.29, 0.717) is 6.07 Å². The number of carbonyl (C=O) groups is 2. The lowest BCUT2D eigenvalue weighted by Crippen LogP contribution is -2.22. The van der Waals surface area contributed by atoms with E-state index in [4.69, 9.17) is 5.73 Å². The number of pyridine rings is 1. The maximum atomic E-state index is 14.1. The monoisotopic (exact) mass is 614 g/mol. The third-order valence-electron chi connectivity index (χ3n) is 6.33. The van der Waals surface area contributed by atoms with Gasteiger partial charge in [0.15, 0.2) is 11.5 Å². The van der Waals surface area contributed by atoms with Gasteiger partial charge in [-0.25, -0.2) is 13.2 Å². The van der Waals surface area contributed by atoms with Crippen LogP contribution in [0.15, 0.2) is 60.8 Å².